The lowest BCUT2D eigenvalue weighted by atomic mass is 9.85. The first kappa shape index (κ1) is 19.6. The van der Waals surface area contributed by atoms with Gasteiger partial charge in [0.05, 0.1) is 12.2 Å². The second-order valence-corrected chi connectivity index (χ2v) is 6.33. The van der Waals surface area contributed by atoms with Gasteiger partial charge in [-0.15, -0.1) is 0 Å². The fourth-order valence-electron chi connectivity index (χ4n) is 3.35. The Morgan fingerprint density at radius 2 is 1.39 bits per heavy atom. The highest BCUT2D eigenvalue weighted by Gasteiger charge is 2.42. The number of carboxylic acid groups (broad SMARTS) is 2. The number of aliphatic hydroxyl groups is 2. The molecular weight excluding hydrogens is 304 g/mol. The van der Waals surface area contributed by atoms with Crippen molar-refractivity contribution >= 4 is 17.7 Å². The van der Waals surface area contributed by atoms with Crippen LogP contribution in [-0.4, -0.2) is 50.4 Å². The largest absolute Gasteiger partial charge is 0.481 e. The lowest BCUT2D eigenvalue weighted by molar-refractivity contribution is -0.150. The average molecular weight is 330 g/mol. The number of rotatable bonds is 11. The number of carbonyl (C=O) groups excluding carboxylic acids is 1. The van der Waals surface area contributed by atoms with E-state index in [1.165, 1.54) is 0 Å². The number of carboxylic acids is 2. The molecular formula is C16H26O7. The lowest BCUT2D eigenvalue weighted by Crippen LogP contribution is -2.27. The van der Waals surface area contributed by atoms with Crippen molar-refractivity contribution in [1.82, 2.24) is 0 Å². The molecule has 0 aromatic rings. The number of aliphatic carboxylic acids is 2. The smallest absolute Gasteiger partial charge is 0.372 e. The summed E-state index contributed by atoms with van der Waals surface area (Å²) in [6, 6.07) is 0. The fraction of sp³-hybridized carbons (Fsp3) is 0.812. The Morgan fingerprint density at radius 3 is 2.00 bits per heavy atom. The molecule has 23 heavy (non-hydrogen) atoms. The normalized spacial score (nSPS) is 27.0. The van der Waals surface area contributed by atoms with Gasteiger partial charge in [0.25, 0.3) is 0 Å². The molecule has 132 valence electrons. The Morgan fingerprint density at radius 1 is 0.826 bits per heavy atom. The van der Waals surface area contributed by atoms with Gasteiger partial charge in [0.15, 0.2) is 0 Å². The minimum absolute atomic E-state index is 0.174. The van der Waals surface area contributed by atoms with Crippen molar-refractivity contribution in [1.29, 1.82) is 0 Å². The Labute approximate surface area is 135 Å². The van der Waals surface area contributed by atoms with E-state index in [0.29, 0.717) is 12.8 Å². The van der Waals surface area contributed by atoms with Crippen LogP contribution in [0.1, 0.15) is 57.8 Å². The van der Waals surface area contributed by atoms with E-state index in [9.17, 15) is 24.6 Å². The molecule has 0 aliphatic heterocycles. The summed E-state index contributed by atoms with van der Waals surface area (Å²) in [6.45, 7) is 0. The number of hydrogen-bond acceptors (Lipinski definition) is 5. The van der Waals surface area contributed by atoms with Gasteiger partial charge in [-0.2, -0.15) is 0 Å². The SMILES string of the molecule is O=C(O)CCCCCCC[C@@H]1[C@@H](CC(=O)C(=O)O)[C@@H](O)C[C@H]1O. The molecule has 1 fully saturated rings. The van der Waals surface area contributed by atoms with E-state index in [1.54, 1.807) is 0 Å². The van der Waals surface area contributed by atoms with Crippen LogP contribution in [0.4, 0.5) is 0 Å². The van der Waals surface area contributed by atoms with Crippen LogP contribution in [0.5, 0.6) is 0 Å². The van der Waals surface area contributed by atoms with Gasteiger partial charge in [-0.1, -0.05) is 25.7 Å². The van der Waals surface area contributed by atoms with Crippen LogP contribution in [0.25, 0.3) is 0 Å². The van der Waals surface area contributed by atoms with Crippen LogP contribution in [0, 0.1) is 11.8 Å². The Balaban J connectivity index is 2.33. The molecule has 0 amide bonds. The minimum Gasteiger partial charge on any atom is -0.481 e. The van der Waals surface area contributed by atoms with Gasteiger partial charge >= 0.3 is 11.9 Å². The van der Waals surface area contributed by atoms with Crippen molar-refractivity contribution in [2.75, 3.05) is 0 Å². The van der Waals surface area contributed by atoms with Gasteiger partial charge in [0, 0.05) is 12.8 Å². The number of Topliss-reactive ketones (excluding diaryl/α,β-unsaturated/α-hetero) is 1. The number of carbonyl (C=O) groups is 3. The summed E-state index contributed by atoms with van der Waals surface area (Å²) < 4.78 is 0. The van der Waals surface area contributed by atoms with Crippen LogP contribution in [0.3, 0.4) is 0 Å². The van der Waals surface area contributed by atoms with E-state index in [4.69, 9.17) is 10.2 Å². The van der Waals surface area contributed by atoms with Gasteiger partial charge in [0.1, 0.15) is 0 Å². The minimum atomic E-state index is -1.50. The van der Waals surface area contributed by atoms with Gasteiger partial charge in [-0.25, -0.2) is 4.79 Å². The molecule has 0 unspecified atom stereocenters. The molecule has 1 aliphatic rings. The number of unbranched alkanes of at least 4 members (excludes halogenated alkanes) is 4. The first-order valence-electron chi connectivity index (χ1n) is 8.17. The molecule has 0 spiro atoms. The second kappa shape index (κ2) is 9.62. The molecule has 0 heterocycles. The molecule has 7 nitrogen and oxygen atoms in total. The molecule has 4 atom stereocenters. The number of aliphatic hydroxyl groups excluding tert-OH is 2. The molecule has 1 rings (SSSR count). The average Bonchev–Trinajstić information content (AvgIpc) is 2.72. The third kappa shape index (κ3) is 6.66. The summed E-state index contributed by atoms with van der Waals surface area (Å²) in [5, 5.41) is 37.1. The Bertz CT molecular complexity index is 421. The highest BCUT2D eigenvalue weighted by atomic mass is 16.4. The summed E-state index contributed by atoms with van der Waals surface area (Å²) in [6.07, 6.45) is 3.28. The van der Waals surface area contributed by atoms with Crippen LogP contribution in [0.15, 0.2) is 0 Å². The number of hydrogen-bond donors (Lipinski definition) is 4. The van der Waals surface area contributed by atoms with Crippen LogP contribution in [-0.2, 0) is 14.4 Å². The van der Waals surface area contributed by atoms with Crippen molar-refractivity contribution in [3.05, 3.63) is 0 Å². The van der Waals surface area contributed by atoms with E-state index in [-0.39, 0.29) is 25.2 Å². The molecule has 4 N–H and O–H groups in total. The molecule has 0 aromatic heterocycles. The third-order valence-corrected chi connectivity index (χ3v) is 4.61. The van der Waals surface area contributed by atoms with E-state index in [2.05, 4.69) is 0 Å². The summed E-state index contributed by atoms with van der Waals surface area (Å²) in [4.78, 5) is 32.4. The van der Waals surface area contributed by atoms with E-state index in [0.717, 1.165) is 25.7 Å². The number of ketones is 1. The predicted molar refractivity (Wildman–Crippen MR) is 80.8 cm³/mol. The topological polar surface area (TPSA) is 132 Å². The van der Waals surface area contributed by atoms with Crippen molar-refractivity contribution in [2.24, 2.45) is 11.8 Å². The van der Waals surface area contributed by atoms with E-state index in [1.807, 2.05) is 0 Å². The maximum Gasteiger partial charge on any atom is 0.372 e. The van der Waals surface area contributed by atoms with Crippen molar-refractivity contribution < 1.29 is 34.8 Å². The summed E-state index contributed by atoms with van der Waals surface area (Å²) in [5.41, 5.74) is 0. The summed E-state index contributed by atoms with van der Waals surface area (Å²) in [7, 11) is 0. The maximum absolute atomic E-state index is 11.4. The fourth-order valence-corrected chi connectivity index (χ4v) is 3.35. The molecule has 0 saturated heterocycles. The maximum atomic E-state index is 11.4. The standard InChI is InChI=1S/C16H26O7/c17-12-9-13(18)11(8-14(19)16(22)23)10(12)6-4-2-1-3-5-7-15(20)21/h10-13,17-18H,1-9H2,(H,20,21)(H,22,23)/t10-,11-,12-,13+/m1/s1. The van der Waals surface area contributed by atoms with Crippen molar-refractivity contribution in [3.63, 3.8) is 0 Å². The van der Waals surface area contributed by atoms with Gasteiger partial charge in [-0.3, -0.25) is 9.59 Å². The predicted octanol–water partition coefficient (Wildman–Crippen LogP) is 1.20. The first-order chi connectivity index (χ1) is 10.8. The third-order valence-electron chi connectivity index (χ3n) is 4.61. The molecule has 0 bridgehead atoms. The highest BCUT2D eigenvalue weighted by Crippen LogP contribution is 2.38. The zero-order valence-corrected chi connectivity index (χ0v) is 13.2. The first-order valence-corrected chi connectivity index (χ1v) is 8.17. The summed E-state index contributed by atoms with van der Waals surface area (Å²) in [5.74, 6) is -3.98. The molecule has 7 heteroatoms. The molecule has 1 saturated carbocycles. The van der Waals surface area contributed by atoms with Gasteiger partial charge in [0.2, 0.25) is 5.78 Å². The van der Waals surface area contributed by atoms with Crippen LogP contribution >= 0.6 is 0 Å². The molecule has 1 aliphatic carbocycles. The van der Waals surface area contributed by atoms with Crippen molar-refractivity contribution in [2.45, 2.75) is 70.0 Å². The second-order valence-electron chi connectivity index (χ2n) is 6.33. The zero-order chi connectivity index (χ0) is 17.4. The van der Waals surface area contributed by atoms with Gasteiger partial charge in [-0.05, 0) is 31.1 Å². The zero-order valence-electron chi connectivity index (χ0n) is 13.2. The lowest BCUT2D eigenvalue weighted by Gasteiger charge is -2.22. The van der Waals surface area contributed by atoms with Gasteiger partial charge < -0.3 is 20.4 Å². The van der Waals surface area contributed by atoms with Crippen molar-refractivity contribution in [3.8, 4) is 0 Å². The van der Waals surface area contributed by atoms with E-state index < -0.39 is 35.8 Å². The van der Waals surface area contributed by atoms with Crippen LogP contribution in [0.2, 0.25) is 0 Å². The monoisotopic (exact) mass is 330 g/mol. The summed E-state index contributed by atoms with van der Waals surface area (Å²) >= 11 is 0. The Hall–Kier alpha value is -1.47. The Kier molecular flexibility index (Phi) is 8.19. The van der Waals surface area contributed by atoms with E-state index >= 15 is 0 Å². The molecule has 0 radical (unpaired) electrons. The quantitative estimate of drug-likeness (QED) is 0.330. The highest BCUT2D eigenvalue weighted by molar-refractivity contribution is 6.32. The molecule has 0 aromatic carbocycles. The van der Waals surface area contributed by atoms with Crippen LogP contribution < -0.4 is 0 Å².